The van der Waals surface area contributed by atoms with Crippen LogP contribution in [0.5, 0.6) is 0 Å². The molecule has 118 valence electrons. The van der Waals surface area contributed by atoms with Crippen molar-refractivity contribution in [1.82, 2.24) is 9.66 Å². The average Bonchev–Trinajstić information content (AvgIpc) is 3.23. The number of rotatable bonds is 3. The van der Waals surface area contributed by atoms with E-state index in [9.17, 15) is 4.79 Å². The number of aromatic nitrogens is 2. The van der Waals surface area contributed by atoms with Crippen LogP contribution in [0.4, 0.5) is 0 Å². The Labute approximate surface area is 149 Å². The van der Waals surface area contributed by atoms with Crippen molar-refractivity contribution in [2.75, 3.05) is 0 Å². The molecule has 3 heterocycles. The fraction of sp³-hybridized carbons (Fsp3) is 0. The Kier molecular flexibility index (Phi) is 3.87. The number of thiophene rings is 1. The molecule has 24 heavy (non-hydrogen) atoms. The topological polar surface area (TPSA) is 60.4 Å². The molecule has 0 spiro atoms. The van der Waals surface area contributed by atoms with Gasteiger partial charge in [0.25, 0.3) is 5.56 Å². The Bertz CT molecular complexity index is 1100. The van der Waals surface area contributed by atoms with Gasteiger partial charge in [-0.15, -0.1) is 11.3 Å². The van der Waals surface area contributed by atoms with Crippen molar-refractivity contribution in [3.05, 3.63) is 74.8 Å². The summed E-state index contributed by atoms with van der Waals surface area (Å²) in [6.07, 6.45) is 4.64. The second kappa shape index (κ2) is 6.18. The fourth-order valence-electron chi connectivity index (χ4n) is 2.33. The number of hydrogen-bond acceptors (Lipinski definition) is 5. The van der Waals surface area contributed by atoms with Gasteiger partial charge >= 0.3 is 0 Å². The summed E-state index contributed by atoms with van der Waals surface area (Å²) in [5.74, 6) is 0.647. The second-order valence-corrected chi connectivity index (χ2v) is 6.77. The first-order valence-electron chi connectivity index (χ1n) is 7.05. The predicted octanol–water partition coefficient (Wildman–Crippen LogP) is 4.36. The van der Waals surface area contributed by atoms with Crippen molar-refractivity contribution in [2.45, 2.75) is 0 Å². The Hall–Kier alpha value is -2.51. The van der Waals surface area contributed by atoms with Crippen molar-refractivity contribution in [2.24, 2.45) is 5.10 Å². The molecule has 5 nitrogen and oxygen atoms in total. The Morgan fingerprint density at radius 2 is 2.21 bits per heavy atom. The summed E-state index contributed by atoms with van der Waals surface area (Å²) in [6, 6.07) is 11.3. The van der Waals surface area contributed by atoms with E-state index in [-0.39, 0.29) is 5.56 Å². The molecule has 0 bridgehead atoms. The fourth-order valence-corrected chi connectivity index (χ4v) is 3.64. The number of benzene rings is 1. The normalized spacial score (nSPS) is 11.5. The lowest BCUT2D eigenvalue weighted by Gasteiger charge is -1.99. The van der Waals surface area contributed by atoms with E-state index >= 15 is 0 Å². The zero-order chi connectivity index (χ0) is 16.5. The zero-order valence-electron chi connectivity index (χ0n) is 12.2. The summed E-state index contributed by atoms with van der Waals surface area (Å²) in [7, 11) is 0. The lowest BCUT2D eigenvalue weighted by atomic mass is 10.2. The van der Waals surface area contributed by atoms with E-state index in [1.807, 2.05) is 35.7 Å². The first-order chi connectivity index (χ1) is 11.7. The highest BCUT2D eigenvalue weighted by atomic mass is 79.9. The van der Waals surface area contributed by atoms with Gasteiger partial charge in [-0.25, -0.2) is 4.98 Å². The highest BCUT2D eigenvalue weighted by molar-refractivity contribution is 9.10. The second-order valence-electron chi connectivity index (χ2n) is 5.00. The predicted molar refractivity (Wildman–Crippen MR) is 98.7 cm³/mol. The molecule has 7 heteroatoms. The summed E-state index contributed by atoms with van der Waals surface area (Å²) in [4.78, 5) is 17.7. The van der Waals surface area contributed by atoms with E-state index in [0.29, 0.717) is 16.0 Å². The highest BCUT2D eigenvalue weighted by Crippen LogP contribution is 2.30. The first kappa shape index (κ1) is 15.0. The van der Waals surface area contributed by atoms with Crippen molar-refractivity contribution in [3.8, 4) is 11.3 Å². The van der Waals surface area contributed by atoms with E-state index in [1.54, 1.807) is 18.5 Å². The summed E-state index contributed by atoms with van der Waals surface area (Å²) >= 11 is 4.82. The van der Waals surface area contributed by atoms with Gasteiger partial charge in [-0.05, 0) is 29.8 Å². The Morgan fingerprint density at radius 1 is 1.29 bits per heavy atom. The van der Waals surface area contributed by atoms with Crippen LogP contribution in [0, 0.1) is 0 Å². The van der Waals surface area contributed by atoms with Gasteiger partial charge in [0.15, 0.2) is 0 Å². The quantitative estimate of drug-likeness (QED) is 0.480. The lowest BCUT2D eigenvalue weighted by Crippen LogP contribution is -2.16. The third-order valence-electron chi connectivity index (χ3n) is 3.44. The van der Waals surface area contributed by atoms with Gasteiger partial charge in [-0.3, -0.25) is 4.79 Å². The molecular weight excluding hydrogens is 390 g/mol. The summed E-state index contributed by atoms with van der Waals surface area (Å²) in [6.45, 7) is 0. The summed E-state index contributed by atoms with van der Waals surface area (Å²) in [5, 5.41) is 6.63. The number of nitrogens with zero attached hydrogens (tertiary/aromatic N) is 3. The SMILES string of the molecule is O=c1c2c(-c3ccco3)csc2ncn1/N=C\c1cccc(Br)c1. The molecule has 4 rings (SSSR count). The minimum Gasteiger partial charge on any atom is -0.464 e. The van der Waals surface area contributed by atoms with Gasteiger partial charge in [0, 0.05) is 15.4 Å². The first-order valence-corrected chi connectivity index (χ1v) is 8.72. The molecule has 3 aromatic heterocycles. The number of hydrogen-bond donors (Lipinski definition) is 0. The maximum Gasteiger partial charge on any atom is 0.283 e. The molecule has 0 atom stereocenters. The van der Waals surface area contributed by atoms with Crippen LogP contribution in [0.3, 0.4) is 0 Å². The van der Waals surface area contributed by atoms with Crippen LogP contribution in [0.15, 0.2) is 73.2 Å². The van der Waals surface area contributed by atoms with E-state index in [0.717, 1.165) is 15.6 Å². The maximum atomic E-state index is 12.8. The van der Waals surface area contributed by atoms with Gasteiger partial charge in [0.05, 0.1) is 17.9 Å². The molecule has 0 saturated heterocycles. The molecule has 0 amide bonds. The van der Waals surface area contributed by atoms with Gasteiger partial charge in [0.1, 0.15) is 16.9 Å². The van der Waals surface area contributed by atoms with Gasteiger partial charge in [0.2, 0.25) is 0 Å². The Morgan fingerprint density at radius 3 is 3.00 bits per heavy atom. The molecule has 0 unspecified atom stereocenters. The molecule has 4 aromatic rings. The van der Waals surface area contributed by atoms with E-state index in [4.69, 9.17) is 4.42 Å². The van der Waals surface area contributed by atoms with E-state index < -0.39 is 0 Å². The average molecular weight is 400 g/mol. The van der Waals surface area contributed by atoms with Crippen molar-refractivity contribution in [3.63, 3.8) is 0 Å². The summed E-state index contributed by atoms with van der Waals surface area (Å²) in [5.41, 5.74) is 1.40. The zero-order valence-corrected chi connectivity index (χ0v) is 14.6. The lowest BCUT2D eigenvalue weighted by molar-refractivity contribution is 0.583. The molecule has 0 fully saturated rings. The minimum atomic E-state index is -0.223. The van der Waals surface area contributed by atoms with Crippen LogP contribution in [0.2, 0.25) is 0 Å². The van der Waals surface area contributed by atoms with Gasteiger partial charge < -0.3 is 4.42 Å². The maximum absolute atomic E-state index is 12.8. The molecule has 0 aliphatic heterocycles. The van der Waals surface area contributed by atoms with E-state index in [2.05, 4.69) is 26.0 Å². The minimum absolute atomic E-state index is 0.223. The molecule has 0 N–H and O–H groups in total. The van der Waals surface area contributed by atoms with Crippen LogP contribution in [0.25, 0.3) is 21.5 Å². The van der Waals surface area contributed by atoms with Crippen LogP contribution >= 0.6 is 27.3 Å². The van der Waals surface area contributed by atoms with E-state index in [1.165, 1.54) is 22.3 Å². The summed E-state index contributed by atoms with van der Waals surface area (Å²) < 4.78 is 7.60. The number of halogens is 1. The Balaban J connectivity index is 1.81. The largest absolute Gasteiger partial charge is 0.464 e. The van der Waals surface area contributed by atoms with Crippen molar-refractivity contribution < 1.29 is 4.42 Å². The smallest absolute Gasteiger partial charge is 0.283 e. The van der Waals surface area contributed by atoms with Crippen molar-refractivity contribution >= 4 is 43.7 Å². The monoisotopic (exact) mass is 399 g/mol. The van der Waals surface area contributed by atoms with Gasteiger partial charge in [-0.2, -0.15) is 9.78 Å². The highest BCUT2D eigenvalue weighted by Gasteiger charge is 2.14. The molecule has 0 aliphatic carbocycles. The van der Waals surface area contributed by atoms with Crippen LogP contribution < -0.4 is 5.56 Å². The molecule has 0 saturated carbocycles. The number of furan rings is 1. The van der Waals surface area contributed by atoms with Crippen LogP contribution in [0.1, 0.15) is 5.56 Å². The van der Waals surface area contributed by atoms with Crippen molar-refractivity contribution in [1.29, 1.82) is 0 Å². The molecule has 0 aliphatic rings. The standard InChI is InChI=1S/C17H10BrN3O2S/c18-12-4-1-3-11(7-12)8-20-21-10-19-16-15(17(21)22)13(9-24-16)14-5-2-6-23-14/h1-10H/b20-8-. The van der Waals surface area contributed by atoms with Gasteiger partial charge in [-0.1, -0.05) is 28.1 Å². The third-order valence-corrected chi connectivity index (χ3v) is 4.82. The number of fused-ring (bicyclic) bond motifs is 1. The van der Waals surface area contributed by atoms with Crippen LogP contribution in [-0.4, -0.2) is 15.9 Å². The van der Waals surface area contributed by atoms with Crippen LogP contribution in [-0.2, 0) is 0 Å². The third kappa shape index (κ3) is 2.72. The molecular formula is C17H10BrN3O2S. The molecule has 1 aromatic carbocycles. The molecule has 0 radical (unpaired) electrons.